The highest BCUT2D eigenvalue weighted by molar-refractivity contribution is 6.46. The van der Waals surface area contributed by atoms with Crippen molar-refractivity contribution in [2.24, 2.45) is 0 Å². The van der Waals surface area contributed by atoms with E-state index in [-0.39, 0.29) is 11.3 Å². The fourth-order valence-corrected chi connectivity index (χ4v) is 3.81. The number of hydrogen-bond acceptors (Lipinski definition) is 4. The number of aliphatic hydroxyl groups excluding tert-OH is 1. The zero-order valence-corrected chi connectivity index (χ0v) is 16.9. The molecule has 1 aromatic carbocycles. The Kier molecular flexibility index (Phi) is 7.17. The summed E-state index contributed by atoms with van der Waals surface area (Å²) in [5.41, 5.74) is 1.40. The lowest BCUT2D eigenvalue weighted by molar-refractivity contribution is -0.139. The molecule has 1 aliphatic rings. The molecule has 152 valence electrons. The highest BCUT2D eigenvalue weighted by Crippen LogP contribution is 2.39. The molecule has 1 atom stereocenters. The number of carbonyl (C=O) groups is 2. The Hall–Kier alpha value is -2.95. The molecular formula is C24H28N2O3. The van der Waals surface area contributed by atoms with Gasteiger partial charge in [0.25, 0.3) is 11.7 Å². The molecular weight excluding hydrogens is 364 g/mol. The molecule has 1 unspecified atom stereocenters. The van der Waals surface area contributed by atoms with Crippen LogP contribution >= 0.6 is 0 Å². The summed E-state index contributed by atoms with van der Waals surface area (Å²) in [4.78, 5) is 31.4. The van der Waals surface area contributed by atoms with Crippen molar-refractivity contribution in [1.29, 1.82) is 0 Å². The van der Waals surface area contributed by atoms with E-state index in [9.17, 15) is 14.7 Å². The fourth-order valence-electron chi connectivity index (χ4n) is 3.81. The molecule has 1 fully saturated rings. The van der Waals surface area contributed by atoms with E-state index in [1.807, 2.05) is 12.1 Å². The zero-order chi connectivity index (χ0) is 20.6. The van der Waals surface area contributed by atoms with Crippen LogP contribution in [0.15, 0.2) is 60.4 Å². The van der Waals surface area contributed by atoms with Crippen molar-refractivity contribution in [2.75, 3.05) is 6.54 Å². The number of ketones is 1. The number of hydrogen-bond donors (Lipinski definition) is 1. The summed E-state index contributed by atoms with van der Waals surface area (Å²) in [6.45, 7) is 2.67. The summed E-state index contributed by atoms with van der Waals surface area (Å²) in [7, 11) is 0. The molecule has 1 aromatic heterocycles. The lowest BCUT2D eigenvalue weighted by Gasteiger charge is -2.25. The van der Waals surface area contributed by atoms with E-state index in [0.29, 0.717) is 12.1 Å². The molecule has 0 saturated carbocycles. The van der Waals surface area contributed by atoms with Gasteiger partial charge < -0.3 is 10.0 Å². The zero-order valence-electron chi connectivity index (χ0n) is 16.9. The Morgan fingerprint density at radius 2 is 1.72 bits per heavy atom. The van der Waals surface area contributed by atoms with Crippen LogP contribution in [0.4, 0.5) is 0 Å². The van der Waals surface area contributed by atoms with Crippen molar-refractivity contribution in [3.63, 3.8) is 0 Å². The predicted octanol–water partition coefficient (Wildman–Crippen LogP) is 4.86. The van der Waals surface area contributed by atoms with Gasteiger partial charge >= 0.3 is 0 Å². The van der Waals surface area contributed by atoms with Gasteiger partial charge in [0.2, 0.25) is 0 Å². The average molecular weight is 392 g/mol. The molecule has 2 aromatic rings. The van der Waals surface area contributed by atoms with Crippen molar-refractivity contribution >= 4 is 17.4 Å². The van der Waals surface area contributed by atoms with Gasteiger partial charge in [0.15, 0.2) is 0 Å². The number of aliphatic hydroxyl groups is 1. The Balaban J connectivity index is 1.90. The van der Waals surface area contributed by atoms with Gasteiger partial charge in [0.05, 0.1) is 11.6 Å². The highest BCUT2D eigenvalue weighted by atomic mass is 16.3. The summed E-state index contributed by atoms with van der Waals surface area (Å²) in [6, 6.07) is 11.9. The minimum absolute atomic E-state index is 0.136. The quantitative estimate of drug-likeness (QED) is 0.286. The predicted molar refractivity (Wildman–Crippen MR) is 113 cm³/mol. The third-order valence-electron chi connectivity index (χ3n) is 5.34. The van der Waals surface area contributed by atoms with Crippen LogP contribution in [0.2, 0.25) is 0 Å². The van der Waals surface area contributed by atoms with E-state index in [4.69, 9.17) is 0 Å². The Morgan fingerprint density at radius 1 is 1.00 bits per heavy atom. The summed E-state index contributed by atoms with van der Waals surface area (Å²) in [5.74, 6) is -1.32. The maximum Gasteiger partial charge on any atom is 0.295 e. The molecule has 1 aliphatic heterocycles. The number of Topliss-reactive ketones (excluding diaryl/α,β-unsaturated/α-hetero) is 1. The number of likely N-dealkylation sites (tertiary alicyclic amines) is 1. The molecule has 0 radical (unpaired) electrons. The van der Waals surface area contributed by atoms with E-state index < -0.39 is 17.7 Å². The van der Waals surface area contributed by atoms with Crippen LogP contribution in [-0.2, 0) is 9.59 Å². The summed E-state index contributed by atoms with van der Waals surface area (Å²) in [5, 5.41) is 10.9. The first-order chi connectivity index (χ1) is 14.1. The first kappa shape index (κ1) is 20.8. The van der Waals surface area contributed by atoms with Gasteiger partial charge in [-0.3, -0.25) is 14.6 Å². The Morgan fingerprint density at radius 3 is 2.41 bits per heavy atom. The smallest absolute Gasteiger partial charge is 0.295 e. The van der Waals surface area contributed by atoms with Crippen molar-refractivity contribution in [1.82, 2.24) is 9.88 Å². The van der Waals surface area contributed by atoms with Gasteiger partial charge in [-0.15, -0.1) is 0 Å². The number of rotatable bonds is 9. The van der Waals surface area contributed by atoms with Crippen molar-refractivity contribution in [3.8, 4) is 0 Å². The van der Waals surface area contributed by atoms with Crippen LogP contribution in [-0.4, -0.2) is 33.2 Å². The average Bonchev–Trinajstić information content (AvgIpc) is 3.01. The molecule has 3 rings (SSSR count). The topological polar surface area (TPSA) is 70.5 Å². The van der Waals surface area contributed by atoms with E-state index in [2.05, 4.69) is 11.9 Å². The number of aromatic nitrogens is 1. The van der Waals surface area contributed by atoms with E-state index in [1.165, 1.54) is 19.3 Å². The third-order valence-corrected chi connectivity index (χ3v) is 5.34. The molecule has 1 N–H and O–H groups in total. The van der Waals surface area contributed by atoms with Gasteiger partial charge in [0.1, 0.15) is 5.76 Å². The molecule has 29 heavy (non-hydrogen) atoms. The Labute approximate surface area is 172 Å². The number of amides is 1. The third kappa shape index (κ3) is 4.73. The monoisotopic (exact) mass is 392 g/mol. The van der Waals surface area contributed by atoms with Crippen molar-refractivity contribution < 1.29 is 14.7 Å². The normalized spacial score (nSPS) is 18.4. The van der Waals surface area contributed by atoms with Gasteiger partial charge in [-0.1, -0.05) is 75.4 Å². The number of nitrogens with zero attached hydrogens (tertiary/aromatic N) is 2. The van der Waals surface area contributed by atoms with Crippen LogP contribution in [0, 0.1) is 0 Å². The minimum atomic E-state index is -0.633. The highest BCUT2D eigenvalue weighted by Gasteiger charge is 2.45. The van der Waals surface area contributed by atoms with E-state index >= 15 is 0 Å². The summed E-state index contributed by atoms with van der Waals surface area (Å²) >= 11 is 0. The molecule has 5 heteroatoms. The van der Waals surface area contributed by atoms with Crippen LogP contribution in [0.3, 0.4) is 0 Å². The standard InChI is InChI=1S/C24H28N2O3/c1-2-3-4-5-6-10-16-26-21(19-14-11-15-25-17-19)20(23(28)24(26)29)22(27)18-12-8-7-9-13-18/h7-9,11-15,17,21,27H,2-6,10,16H2,1H3/b22-20-. The molecule has 2 heterocycles. The van der Waals surface area contributed by atoms with Gasteiger partial charge in [0, 0.05) is 24.5 Å². The first-order valence-electron chi connectivity index (χ1n) is 10.4. The number of carbonyl (C=O) groups excluding carboxylic acids is 2. The molecule has 0 bridgehead atoms. The van der Waals surface area contributed by atoms with Crippen molar-refractivity contribution in [2.45, 2.75) is 51.5 Å². The summed E-state index contributed by atoms with van der Waals surface area (Å²) in [6.07, 6.45) is 9.88. The second kappa shape index (κ2) is 10.0. The maximum absolute atomic E-state index is 12.9. The molecule has 0 aliphatic carbocycles. The van der Waals surface area contributed by atoms with Crippen LogP contribution in [0.25, 0.3) is 5.76 Å². The molecule has 5 nitrogen and oxygen atoms in total. The van der Waals surface area contributed by atoms with Gasteiger partial charge in [-0.05, 0) is 18.1 Å². The number of unbranched alkanes of at least 4 members (excludes halogenated alkanes) is 5. The molecule has 0 spiro atoms. The van der Waals surface area contributed by atoms with Gasteiger partial charge in [-0.25, -0.2) is 0 Å². The van der Waals surface area contributed by atoms with E-state index in [0.717, 1.165) is 24.8 Å². The van der Waals surface area contributed by atoms with Crippen molar-refractivity contribution in [3.05, 3.63) is 71.6 Å². The molecule has 1 amide bonds. The lowest BCUT2D eigenvalue weighted by Crippen LogP contribution is -2.30. The second-order valence-electron chi connectivity index (χ2n) is 7.41. The van der Waals surface area contributed by atoms with Gasteiger partial charge in [-0.2, -0.15) is 0 Å². The molecule has 1 saturated heterocycles. The lowest BCUT2D eigenvalue weighted by atomic mass is 9.96. The Bertz CT molecular complexity index is 862. The van der Waals surface area contributed by atoms with E-state index in [1.54, 1.807) is 47.6 Å². The number of pyridine rings is 1. The largest absolute Gasteiger partial charge is 0.507 e. The number of benzene rings is 1. The first-order valence-corrected chi connectivity index (χ1v) is 10.4. The summed E-state index contributed by atoms with van der Waals surface area (Å²) < 4.78 is 0. The maximum atomic E-state index is 12.9. The van der Waals surface area contributed by atoms with Crippen LogP contribution in [0.5, 0.6) is 0 Å². The SMILES string of the molecule is CCCCCCCCN1C(=O)C(=O)/C(=C(\O)c2ccccc2)C1c1cccnc1. The fraction of sp³-hybridized carbons (Fsp3) is 0.375. The van der Waals surface area contributed by atoms with Crippen LogP contribution in [0.1, 0.15) is 62.6 Å². The van der Waals surface area contributed by atoms with Crippen LogP contribution < -0.4 is 0 Å². The second-order valence-corrected chi connectivity index (χ2v) is 7.41. The minimum Gasteiger partial charge on any atom is -0.507 e.